The van der Waals surface area contributed by atoms with Gasteiger partial charge in [0.1, 0.15) is 5.69 Å². The fourth-order valence-corrected chi connectivity index (χ4v) is 3.46. The van der Waals surface area contributed by atoms with Crippen molar-refractivity contribution in [2.24, 2.45) is 0 Å². The summed E-state index contributed by atoms with van der Waals surface area (Å²) in [6, 6.07) is 13.7. The molecule has 0 unspecified atom stereocenters. The first-order valence-electron chi connectivity index (χ1n) is 9.87. The molecular weight excluding hydrogens is 364 g/mol. The van der Waals surface area contributed by atoms with Crippen molar-refractivity contribution in [3.05, 3.63) is 72.3 Å². The van der Waals surface area contributed by atoms with E-state index >= 15 is 0 Å². The standard InChI is InChI=1S/C22H24N6O/c1-2-17-6-3-4-7-19(17)26-18-8-11-23-20(16-18)21(29)27-12-14-28(15-13-27)22-24-9-5-10-25-22/h3-11,16H,2,12-15H2,1H3,(H,23,26). The molecule has 1 aromatic carbocycles. The van der Waals surface area contributed by atoms with Crippen LogP contribution in [0, 0.1) is 0 Å². The van der Waals surface area contributed by atoms with E-state index in [2.05, 4.69) is 38.2 Å². The summed E-state index contributed by atoms with van der Waals surface area (Å²) in [4.78, 5) is 29.8. The lowest BCUT2D eigenvalue weighted by atomic mass is 10.1. The van der Waals surface area contributed by atoms with Crippen LogP contribution in [0.25, 0.3) is 0 Å². The first kappa shape index (κ1) is 18.9. The molecule has 0 bridgehead atoms. The number of amides is 1. The average molecular weight is 388 g/mol. The monoisotopic (exact) mass is 388 g/mol. The molecule has 1 aliphatic heterocycles. The molecule has 3 aromatic rings. The van der Waals surface area contributed by atoms with Gasteiger partial charge in [0, 0.05) is 56.1 Å². The van der Waals surface area contributed by atoms with E-state index in [1.807, 2.05) is 35.2 Å². The van der Waals surface area contributed by atoms with Gasteiger partial charge in [0.2, 0.25) is 5.95 Å². The van der Waals surface area contributed by atoms with Crippen molar-refractivity contribution in [3.8, 4) is 0 Å². The van der Waals surface area contributed by atoms with Crippen LogP contribution >= 0.6 is 0 Å². The molecule has 0 aliphatic carbocycles. The highest BCUT2D eigenvalue weighted by Crippen LogP contribution is 2.22. The molecule has 1 fully saturated rings. The molecule has 1 aliphatic rings. The summed E-state index contributed by atoms with van der Waals surface area (Å²) >= 11 is 0. The van der Waals surface area contributed by atoms with Crippen molar-refractivity contribution in [2.75, 3.05) is 36.4 Å². The van der Waals surface area contributed by atoms with Crippen LogP contribution in [0.5, 0.6) is 0 Å². The van der Waals surface area contributed by atoms with Crippen LogP contribution in [0.15, 0.2) is 61.1 Å². The van der Waals surface area contributed by atoms with Crippen molar-refractivity contribution in [1.29, 1.82) is 0 Å². The van der Waals surface area contributed by atoms with Gasteiger partial charge in [-0.15, -0.1) is 0 Å². The SMILES string of the molecule is CCc1ccccc1Nc1ccnc(C(=O)N2CCN(c3ncccn3)CC2)c1. The lowest BCUT2D eigenvalue weighted by molar-refractivity contribution is 0.0740. The second kappa shape index (κ2) is 8.68. The maximum absolute atomic E-state index is 13.0. The van der Waals surface area contributed by atoms with Crippen LogP contribution in [0.1, 0.15) is 23.0 Å². The predicted octanol–water partition coefficient (Wildman–Crippen LogP) is 3.14. The van der Waals surface area contributed by atoms with Crippen LogP contribution < -0.4 is 10.2 Å². The van der Waals surface area contributed by atoms with Gasteiger partial charge in [-0.05, 0) is 36.2 Å². The van der Waals surface area contributed by atoms with Crippen molar-refractivity contribution in [2.45, 2.75) is 13.3 Å². The Morgan fingerprint density at radius 3 is 2.48 bits per heavy atom. The zero-order valence-corrected chi connectivity index (χ0v) is 16.5. The lowest BCUT2D eigenvalue weighted by Gasteiger charge is -2.34. The van der Waals surface area contributed by atoms with Crippen molar-refractivity contribution in [3.63, 3.8) is 0 Å². The number of aromatic nitrogens is 3. The van der Waals surface area contributed by atoms with E-state index in [1.165, 1.54) is 5.56 Å². The number of nitrogens with one attached hydrogen (secondary N) is 1. The Balaban J connectivity index is 1.43. The minimum Gasteiger partial charge on any atom is -0.355 e. The van der Waals surface area contributed by atoms with Gasteiger partial charge in [0.15, 0.2) is 0 Å². The smallest absolute Gasteiger partial charge is 0.272 e. The van der Waals surface area contributed by atoms with E-state index in [4.69, 9.17) is 0 Å². The Kier molecular flexibility index (Phi) is 5.65. The van der Waals surface area contributed by atoms with Crippen LogP contribution in [-0.2, 0) is 6.42 Å². The highest BCUT2D eigenvalue weighted by atomic mass is 16.2. The molecule has 1 amide bonds. The fourth-order valence-electron chi connectivity index (χ4n) is 3.46. The molecule has 2 aromatic heterocycles. The Morgan fingerprint density at radius 1 is 0.966 bits per heavy atom. The Labute approximate surface area is 170 Å². The molecule has 0 radical (unpaired) electrons. The molecule has 1 N–H and O–H groups in total. The third-order valence-corrected chi connectivity index (χ3v) is 5.06. The summed E-state index contributed by atoms with van der Waals surface area (Å²) in [5, 5.41) is 3.41. The number of nitrogens with zero attached hydrogens (tertiary/aromatic N) is 5. The molecular formula is C22H24N6O. The Morgan fingerprint density at radius 2 is 1.72 bits per heavy atom. The van der Waals surface area contributed by atoms with Gasteiger partial charge in [-0.2, -0.15) is 0 Å². The Bertz CT molecular complexity index is 970. The van der Waals surface area contributed by atoms with Crippen molar-refractivity contribution >= 4 is 23.2 Å². The quantitative estimate of drug-likeness (QED) is 0.724. The van der Waals surface area contributed by atoms with E-state index in [1.54, 1.807) is 24.7 Å². The number of carbonyl (C=O) groups is 1. The molecule has 148 valence electrons. The molecule has 3 heterocycles. The number of aryl methyl sites for hydroxylation is 1. The summed E-state index contributed by atoms with van der Waals surface area (Å²) in [6.07, 6.45) is 6.09. The summed E-state index contributed by atoms with van der Waals surface area (Å²) in [5.74, 6) is 0.657. The summed E-state index contributed by atoms with van der Waals surface area (Å²) in [6.45, 7) is 4.78. The molecule has 1 saturated heterocycles. The fraction of sp³-hybridized carbons (Fsp3) is 0.273. The summed E-state index contributed by atoms with van der Waals surface area (Å²) in [5.41, 5.74) is 3.60. The van der Waals surface area contributed by atoms with Crippen molar-refractivity contribution < 1.29 is 4.79 Å². The van der Waals surface area contributed by atoms with Gasteiger partial charge in [0.05, 0.1) is 0 Å². The van der Waals surface area contributed by atoms with Gasteiger partial charge in [0.25, 0.3) is 5.91 Å². The first-order chi connectivity index (χ1) is 14.2. The van der Waals surface area contributed by atoms with Gasteiger partial charge < -0.3 is 15.1 Å². The van der Waals surface area contributed by atoms with Crippen LogP contribution in [0.4, 0.5) is 17.3 Å². The molecule has 7 heteroatoms. The van der Waals surface area contributed by atoms with E-state index in [-0.39, 0.29) is 5.91 Å². The van der Waals surface area contributed by atoms with Crippen LogP contribution in [-0.4, -0.2) is 51.9 Å². The summed E-state index contributed by atoms with van der Waals surface area (Å²) < 4.78 is 0. The average Bonchev–Trinajstić information content (AvgIpc) is 2.80. The molecule has 0 atom stereocenters. The van der Waals surface area contributed by atoms with Crippen LogP contribution in [0.2, 0.25) is 0 Å². The minimum atomic E-state index is -0.0499. The number of rotatable bonds is 5. The second-order valence-corrected chi connectivity index (χ2v) is 6.89. The number of benzene rings is 1. The predicted molar refractivity (Wildman–Crippen MR) is 113 cm³/mol. The second-order valence-electron chi connectivity index (χ2n) is 6.89. The highest BCUT2D eigenvalue weighted by molar-refractivity contribution is 5.93. The zero-order valence-electron chi connectivity index (χ0n) is 16.5. The number of hydrogen-bond donors (Lipinski definition) is 1. The van der Waals surface area contributed by atoms with E-state index in [0.717, 1.165) is 17.8 Å². The molecule has 4 rings (SSSR count). The largest absolute Gasteiger partial charge is 0.355 e. The summed E-state index contributed by atoms with van der Waals surface area (Å²) in [7, 11) is 0. The number of carbonyl (C=O) groups excluding carboxylic acids is 1. The van der Waals surface area contributed by atoms with E-state index in [9.17, 15) is 4.79 Å². The van der Waals surface area contributed by atoms with E-state index in [0.29, 0.717) is 37.8 Å². The van der Waals surface area contributed by atoms with Crippen LogP contribution in [0.3, 0.4) is 0 Å². The lowest BCUT2D eigenvalue weighted by Crippen LogP contribution is -2.49. The van der Waals surface area contributed by atoms with Crippen molar-refractivity contribution in [1.82, 2.24) is 19.9 Å². The number of piperazine rings is 1. The third-order valence-electron chi connectivity index (χ3n) is 5.06. The Hall–Kier alpha value is -3.48. The van der Waals surface area contributed by atoms with E-state index < -0.39 is 0 Å². The first-order valence-corrected chi connectivity index (χ1v) is 9.87. The topological polar surface area (TPSA) is 74.2 Å². The highest BCUT2D eigenvalue weighted by Gasteiger charge is 2.24. The van der Waals surface area contributed by atoms with Gasteiger partial charge in [-0.1, -0.05) is 25.1 Å². The number of para-hydroxylation sites is 1. The maximum atomic E-state index is 13.0. The molecule has 7 nitrogen and oxygen atoms in total. The number of hydrogen-bond acceptors (Lipinski definition) is 6. The zero-order chi connectivity index (χ0) is 20.1. The maximum Gasteiger partial charge on any atom is 0.272 e. The molecule has 29 heavy (non-hydrogen) atoms. The minimum absolute atomic E-state index is 0.0499. The van der Waals surface area contributed by atoms with Gasteiger partial charge in [-0.3, -0.25) is 9.78 Å². The van der Waals surface area contributed by atoms with Gasteiger partial charge in [-0.25, -0.2) is 9.97 Å². The molecule has 0 saturated carbocycles. The van der Waals surface area contributed by atoms with Gasteiger partial charge >= 0.3 is 0 Å². The normalized spacial score (nSPS) is 14.0. The molecule has 0 spiro atoms. The number of anilines is 3. The third kappa shape index (κ3) is 4.34. The number of pyridine rings is 1.